The zero-order chi connectivity index (χ0) is 18.6. The third kappa shape index (κ3) is 4.79. The standard InChI is InChI=1S/C18H24N2O5/c1-11(2)19-17(23)12-4-6-13(7-5-12)18(24)20-10-15(25-3)8-14(20)9-16(21)22/h4-7,11,14-15H,8-10H2,1-3H3,(H,19,23)(H,21,22). The minimum Gasteiger partial charge on any atom is -0.481 e. The van der Waals surface area contributed by atoms with Gasteiger partial charge in [-0.25, -0.2) is 0 Å². The van der Waals surface area contributed by atoms with E-state index in [4.69, 9.17) is 9.84 Å². The zero-order valence-electron chi connectivity index (χ0n) is 14.7. The Bertz CT molecular complexity index is 641. The van der Waals surface area contributed by atoms with Crippen molar-refractivity contribution >= 4 is 17.8 Å². The van der Waals surface area contributed by atoms with Gasteiger partial charge in [-0.15, -0.1) is 0 Å². The number of nitrogens with one attached hydrogen (secondary N) is 1. The summed E-state index contributed by atoms with van der Waals surface area (Å²) in [5.41, 5.74) is 0.900. The van der Waals surface area contributed by atoms with Crippen LogP contribution in [0.25, 0.3) is 0 Å². The third-order valence-corrected chi connectivity index (χ3v) is 4.19. The summed E-state index contributed by atoms with van der Waals surface area (Å²) in [7, 11) is 1.55. The van der Waals surface area contributed by atoms with Crippen LogP contribution in [0.2, 0.25) is 0 Å². The van der Waals surface area contributed by atoms with Crippen molar-refractivity contribution < 1.29 is 24.2 Å². The maximum atomic E-state index is 12.7. The minimum atomic E-state index is -0.944. The SMILES string of the molecule is COC1CC(CC(=O)O)N(C(=O)c2ccc(C(=O)NC(C)C)cc2)C1. The van der Waals surface area contributed by atoms with E-state index < -0.39 is 5.97 Å². The Hall–Kier alpha value is -2.41. The van der Waals surface area contributed by atoms with Gasteiger partial charge in [-0.1, -0.05) is 0 Å². The molecule has 136 valence electrons. The second-order valence-electron chi connectivity index (χ2n) is 6.51. The van der Waals surface area contributed by atoms with Gasteiger partial charge < -0.3 is 20.1 Å². The number of nitrogens with zero attached hydrogens (tertiary/aromatic N) is 1. The van der Waals surface area contributed by atoms with Gasteiger partial charge in [0.15, 0.2) is 0 Å². The van der Waals surface area contributed by atoms with Gasteiger partial charge in [-0.05, 0) is 44.5 Å². The van der Waals surface area contributed by atoms with E-state index in [1.807, 2.05) is 13.8 Å². The van der Waals surface area contributed by atoms with Crippen molar-refractivity contribution in [2.24, 2.45) is 0 Å². The number of methoxy groups -OCH3 is 1. The quantitative estimate of drug-likeness (QED) is 0.813. The van der Waals surface area contributed by atoms with E-state index in [1.165, 1.54) is 0 Å². The van der Waals surface area contributed by atoms with Gasteiger partial charge in [0.1, 0.15) is 0 Å². The largest absolute Gasteiger partial charge is 0.481 e. The first-order valence-electron chi connectivity index (χ1n) is 8.28. The molecule has 7 heteroatoms. The van der Waals surface area contributed by atoms with E-state index in [1.54, 1.807) is 36.3 Å². The predicted molar refractivity (Wildman–Crippen MR) is 91.5 cm³/mol. The molecule has 0 radical (unpaired) electrons. The smallest absolute Gasteiger partial charge is 0.305 e. The molecule has 2 atom stereocenters. The number of likely N-dealkylation sites (tertiary alicyclic amines) is 1. The van der Waals surface area contributed by atoms with E-state index in [-0.39, 0.29) is 36.4 Å². The molecule has 0 saturated carbocycles. The molecule has 2 rings (SSSR count). The predicted octanol–water partition coefficient (Wildman–Crippen LogP) is 1.53. The highest BCUT2D eigenvalue weighted by Gasteiger charge is 2.36. The highest BCUT2D eigenvalue weighted by atomic mass is 16.5. The number of aliphatic carboxylic acids is 1. The number of hydrogen-bond acceptors (Lipinski definition) is 4. The number of benzene rings is 1. The highest BCUT2D eigenvalue weighted by Crippen LogP contribution is 2.25. The fourth-order valence-corrected chi connectivity index (χ4v) is 2.96. The number of carboxylic acid groups (broad SMARTS) is 1. The Morgan fingerprint density at radius 1 is 1.24 bits per heavy atom. The molecule has 0 bridgehead atoms. The molecule has 2 amide bonds. The number of rotatable bonds is 6. The molecule has 0 aliphatic carbocycles. The van der Waals surface area contributed by atoms with Crippen LogP contribution in [0, 0.1) is 0 Å². The van der Waals surface area contributed by atoms with Crippen LogP contribution in [-0.2, 0) is 9.53 Å². The van der Waals surface area contributed by atoms with Crippen LogP contribution in [0.4, 0.5) is 0 Å². The number of carboxylic acids is 1. The summed E-state index contributed by atoms with van der Waals surface area (Å²) in [6, 6.07) is 6.02. The van der Waals surface area contributed by atoms with Crippen molar-refractivity contribution in [2.45, 2.75) is 44.9 Å². The fraction of sp³-hybridized carbons (Fsp3) is 0.500. The van der Waals surface area contributed by atoms with Crippen LogP contribution in [0.5, 0.6) is 0 Å². The Balaban J connectivity index is 2.13. The lowest BCUT2D eigenvalue weighted by atomic mass is 10.1. The average Bonchev–Trinajstić information content (AvgIpc) is 2.96. The molecule has 1 saturated heterocycles. The molecule has 1 heterocycles. The lowest BCUT2D eigenvalue weighted by molar-refractivity contribution is -0.138. The van der Waals surface area contributed by atoms with E-state index in [9.17, 15) is 14.4 Å². The summed E-state index contributed by atoms with van der Waals surface area (Å²) in [4.78, 5) is 37.3. The molecule has 2 N–H and O–H groups in total. The first-order chi connectivity index (χ1) is 11.8. The average molecular weight is 348 g/mol. The van der Waals surface area contributed by atoms with Crippen LogP contribution < -0.4 is 5.32 Å². The molecule has 1 fully saturated rings. The van der Waals surface area contributed by atoms with Gasteiger partial charge in [0.2, 0.25) is 0 Å². The molecule has 25 heavy (non-hydrogen) atoms. The lowest BCUT2D eigenvalue weighted by Crippen LogP contribution is -2.37. The van der Waals surface area contributed by atoms with Crippen LogP contribution in [0.15, 0.2) is 24.3 Å². The topological polar surface area (TPSA) is 95.9 Å². The fourth-order valence-electron chi connectivity index (χ4n) is 2.96. The van der Waals surface area contributed by atoms with Gasteiger partial charge in [0.25, 0.3) is 11.8 Å². The molecular weight excluding hydrogens is 324 g/mol. The molecule has 7 nitrogen and oxygen atoms in total. The van der Waals surface area contributed by atoms with Crippen molar-refractivity contribution in [2.75, 3.05) is 13.7 Å². The normalized spacial score (nSPS) is 19.9. The van der Waals surface area contributed by atoms with Gasteiger partial charge in [-0.3, -0.25) is 14.4 Å². The summed E-state index contributed by atoms with van der Waals surface area (Å²) in [6.07, 6.45) is 0.230. The van der Waals surface area contributed by atoms with Crippen LogP contribution in [-0.4, -0.2) is 59.6 Å². The maximum absolute atomic E-state index is 12.7. The third-order valence-electron chi connectivity index (χ3n) is 4.19. The van der Waals surface area contributed by atoms with Crippen molar-refractivity contribution in [3.8, 4) is 0 Å². The molecule has 1 aliphatic heterocycles. The number of ether oxygens (including phenoxy) is 1. The second kappa shape index (κ2) is 8.11. The van der Waals surface area contributed by atoms with Gasteiger partial charge in [-0.2, -0.15) is 0 Å². The molecule has 0 aromatic heterocycles. The maximum Gasteiger partial charge on any atom is 0.305 e. The minimum absolute atomic E-state index is 0.0289. The van der Waals surface area contributed by atoms with Gasteiger partial charge in [0, 0.05) is 36.9 Å². The van der Waals surface area contributed by atoms with Crippen LogP contribution >= 0.6 is 0 Å². The molecule has 2 unspecified atom stereocenters. The van der Waals surface area contributed by atoms with Gasteiger partial charge >= 0.3 is 5.97 Å². The summed E-state index contributed by atoms with van der Waals surface area (Å²) >= 11 is 0. The van der Waals surface area contributed by atoms with E-state index in [0.717, 1.165) is 0 Å². The Kier molecular flexibility index (Phi) is 6.14. The van der Waals surface area contributed by atoms with Crippen LogP contribution in [0.1, 0.15) is 47.4 Å². The van der Waals surface area contributed by atoms with Crippen molar-refractivity contribution in [3.63, 3.8) is 0 Å². The Labute approximate surface area is 147 Å². The van der Waals surface area contributed by atoms with E-state index in [0.29, 0.717) is 24.1 Å². The Morgan fingerprint density at radius 2 is 1.84 bits per heavy atom. The second-order valence-corrected chi connectivity index (χ2v) is 6.51. The molecular formula is C18H24N2O5. The molecule has 1 aromatic rings. The summed E-state index contributed by atoms with van der Waals surface area (Å²) in [5.74, 6) is -1.39. The summed E-state index contributed by atoms with van der Waals surface area (Å²) < 4.78 is 5.29. The van der Waals surface area contributed by atoms with Crippen molar-refractivity contribution in [1.29, 1.82) is 0 Å². The number of carbonyl (C=O) groups is 3. The van der Waals surface area contributed by atoms with E-state index >= 15 is 0 Å². The number of carbonyl (C=O) groups excluding carboxylic acids is 2. The van der Waals surface area contributed by atoms with Crippen molar-refractivity contribution in [1.82, 2.24) is 10.2 Å². The monoisotopic (exact) mass is 348 g/mol. The number of hydrogen-bond donors (Lipinski definition) is 2. The Morgan fingerprint density at radius 3 is 2.36 bits per heavy atom. The van der Waals surface area contributed by atoms with Crippen molar-refractivity contribution in [3.05, 3.63) is 35.4 Å². The first kappa shape index (κ1) is 18.9. The number of amides is 2. The van der Waals surface area contributed by atoms with E-state index in [2.05, 4.69) is 5.32 Å². The summed E-state index contributed by atoms with van der Waals surface area (Å²) in [6.45, 7) is 4.11. The molecule has 0 spiro atoms. The van der Waals surface area contributed by atoms with Gasteiger partial charge in [0.05, 0.1) is 12.5 Å². The lowest BCUT2D eigenvalue weighted by Gasteiger charge is -2.23. The summed E-state index contributed by atoms with van der Waals surface area (Å²) in [5, 5.41) is 11.8. The highest BCUT2D eigenvalue weighted by molar-refractivity contribution is 5.98. The molecule has 1 aromatic carbocycles. The van der Waals surface area contributed by atoms with Crippen LogP contribution in [0.3, 0.4) is 0 Å². The zero-order valence-corrected chi connectivity index (χ0v) is 14.7. The first-order valence-corrected chi connectivity index (χ1v) is 8.28. The molecule has 1 aliphatic rings.